The molecule has 44 heavy (non-hydrogen) atoms. The standard InChI is InChI=1S/C31H24N4O9/c36-26-22-23(27(37)34-33-26)35(17-32-22)28-25(44-31(40)20-14-8-3-9-15-20)24(43-30(39)19-12-6-2-7-13-19)21(42-28)16-41-29(38)18-10-4-1-5-11-18/h1-15,17,21,24-25,28H,16H2,(H,33,36)(H,34,37). The number of hydrogen-bond donors (Lipinski definition) is 2. The van der Waals surface area contributed by atoms with Crippen molar-refractivity contribution in [3.63, 3.8) is 0 Å². The molecule has 1 fully saturated rings. The van der Waals surface area contributed by atoms with Crippen LogP contribution in [0.5, 0.6) is 0 Å². The molecule has 4 atom stereocenters. The van der Waals surface area contributed by atoms with Gasteiger partial charge >= 0.3 is 17.9 Å². The third kappa shape index (κ3) is 5.63. The SMILES string of the molecule is O=C(OCC1OC(n2cnc3c(=O)[nH][nH]c(=O)c32)C(OC(=O)c2ccccc2)C1OC(=O)c1ccccc1)c1ccccc1. The van der Waals surface area contributed by atoms with E-state index in [1.165, 1.54) is 23.0 Å². The Bertz CT molecular complexity index is 1920. The van der Waals surface area contributed by atoms with Crippen LogP contribution in [0.15, 0.2) is 107 Å². The van der Waals surface area contributed by atoms with E-state index < -0.39 is 60.2 Å². The first kappa shape index (κ1) is 28.3. The Kier molecular flexibility index (Phi) is 7.84. The zero-order valence-electron chi connectivity index (χ0n) is 22.8. The Morgan fingerprint density at radius 3 is 1.77 bits per heavy atom. The smallest absolute Gasteiger partial charge is 0.338 e. The highest BCUT2D eigenvalue weighted by Crippen LogP contribution is 2.36. The number of H-pyrrole nitrogens is 2. The molecule has 5 aromatic rings. The molecule has 0 aliphatic carbocycles. The first-order chi connectivity index (χ1) is 21.4. The number of carbonyl (C=O) groups is 3. The molecule has 0 bridgehead atoms. The van der Waals surface area contributed by atoms with E-state index in [9.17, 15) is 24.0 Å². The van der Waals surface area contributed by atoms with Crippen molar-refractivity contribution in [1.82, 2.24) is 19.7 Å². The lowest BCUT2D eigenvalue weighted by Gasteiger charge is -2.25. The summed E-state index contributed by atoms with van der Waals surface area (Å²) < 4.78 is 24.7. The number of aromatic nitrogens is 4. The van der Waals surface area contributed by atoms with Gasteiger partial charge in [0.2, 0.25) is 0 Å². The summed E-state index contributed by atoms with van der Waals surface area (Å²) in [7, 11) is 0. The van der Waals surface area contributed by atoms with E-state index in [0.717, 1.165) is 0 Å². The molecule has 6 rings (SSSR count). The number of rotatable bonds is 8. The fourth-order valence-electron chi connectivity index (χ4n) is 4.86. The van der Waals surface area contributed by atoms with Crippen LogP contribution in [0.3, 0.4) is 0 Å². The van der Waals surface area contributed by atoms with Crippen LogP contribution in [0.4, 0.5) is 0 Å². The molecule has 0 radical (unpaired) electrons. The number of carbonyl (C=O) groups excluding carboxylic acids is 3. The second-order valence-electron chi connectivity index (χ2n) is 9.76. The highest BCUT2D eigenvalue weighted by molar-refractivity contribution is 5.91. The minimum absolute atomic E-state index is 0.172. The van der Waals surface area contributed by atoms with E-state index in [2.05, 4.69) is 15.2 Å². The molecule has 0 saturated carbocycles. The van der Waals surface area contributed by atoms with Gasteiger partial charge in [-0.15, -0.1) is 0 Å². The van der Waals surface area contributed by atoms with Crippen molar-refractivity contribution in [3.8, 4) is 0 Å². The van der Waals surface area contributed by atoms with Crippen molar-refractivity contribution in [2.45, 2.75) is 24.5 Å². The zero-order valence-corrected chi connectivity index (χ0v) is 22.8. The van der Waals surface area contributed by atoms with Crippen LogP contribution >= 0.6 is 0 Å². The van der Waals surface area contributed by atoms with Crippen LogP contribution in [0.2, 0.25) is 0 Å². The van der Waals surface area contributed by atoms with Crippen molar-refractivity contribution in [2.24, 2.45) is 0 Å². The second kappa shape index (κ2) is 12.2. The lowest BCUT2D eigenvalue weighted by molar-refractivity contribution is -0.0605. The Morgan fingerprint density at radius 1 is 0.705 bits per heavy atom. The molecular formula is C31H24N4O9. The quantitative estimate of drug-likeness (QED) is 0.200. The van der Waals surface area contributed by atoms with Gasteiger partial charge in [0.1, 0.15) is 18.2 Å². The van der Waals surface area contributed by atoms with E-state index in [0.29, 0.717) is 0 Å². The number of esters is 3. The van der Waals surface area contributed by atoms with Gasteiger partial charge in [0.25, 0.3) is 11.1 Å². The van der Waals surface area contributed by atoms with Gasteiger partial charge in [0.05, 0.1) is 23.0 Å². The number of hydrogen-bond acceptors (Lipinski definition) is 10. The van der Waals surface area contributed by atoms with Gasteiger partial charge < -0.3 is 18.9 Å². The topological polar surface area (TPSA) is 172 Å². The third-order valence-corrected chi connectivity index (χ3v) is 6.97. The summed E-state index contributed by atoms with van der Waals surface area (Å²) in [5.41, 5.74) is -1.06. The van der Waals surface area contributed by atoms with Gasteiger partial charge in [-0.3, -0.25) is 24.4 Å². The molecule has 3 aromatic carbocycles. The molecule has 4 unspecified atom stereocenters. The Balaban J connectivity index is 1.40. The number of benzene rings is 3. The maximum Gasteiger partial charge on any atom is 0.338 e. The third-order valence-electron chi connectivity index (χ3n) is 6.97. The summed E-state index contributed by atoms with van der Waals surface area (Å²) in [6, 6.07) is 24.4. The lowest BCUT2D eigenvalue weighted by atomic mass is 10.1. The Labute approximate surface area is 248 Å². The van der Waals surface area contributed by atoms with Crippen LogP contribution in [-0.2, 0) is 18.9 Å². The molecule has 0 spiro atoms. The fourth-order valence-corrected chi connectivity index (χ4v) is 4.86. The van der Waals surface area contributed by atoms with E-state index in [-0.39, 0.29) is 27.7 Å². The summed E-state index contributed by atoms with van der Waals surface area (Å²) in [6.07, 6.45) is -4.04. The van der Waals surface area contributed by atoms with Crippen LogP contribution < -0.4 is 11.1 Å². The van der Waals surface area contributed by atoms with E-state index >= 15 is 0 Å². The number of nitrogens with one attached hydrogen (secondary N) is 2. The van der Waals surface area contributed by atoms with Crippen molar-refractivity contribution in [1.29, 1.82) is 0 Å². The number of nitrogens with zero attached hydrogens (tertiary/aromatic N) is 2. The Morgan fingerprint density at radius 2 is 1.20 bits per heavy atom. The lowest BCUT2D eigenvalue weighted by Crippen LogP contribution is -2.41. The van der Waals surface area contributed by atoms with Crippen LogP contribution in [-0.4, -0.2) is 62.6 Å². The van der Waals surface area contributed by atoms with Gasteiger partial charge in [0, 0.05) is 0 Å². The van der Waals surface area contributed by atoms with Crippen LogP contribution in [0, 0.1) is 0 Å². The van der Waals surface area contributed by atoms with Crippen molar-refractivity contribution in [3.05, 3.63) is 135 Å². The molecule has 1 aliphatic rings. The number of fused-ring (bicyclic) bond motifs is 1. The molecule has 1 aliphatic heterocycles. The fraction of sp³-hybridized carbons (Fsp3) is 0.161. The molecule has 2 N–H and O–H groups in total. The Hall–Kier alpha value is -5.82. The molecule has 13 nitrogen and oxygen atoms in total. The van der Waals surface area contributed by atoms with Gasteiger partial charge in [-0.25, -0.2) is 19.4 Å². The predicted molar refractivity (Wildman–Crippen MR) is 153 cm³/mol. The number of aromatic amines is 2. The summed E-state index contributed by atoms with van der Waals surface area (Å²) in [6.45, 7) is -0.417. The highest BCUT2D eigenvalue weighted by Gasteiger charge is 2.52. The maximum atomic E-state index is 13.3. The van der Waals surface area contributed by atoms with Crippen LogP contribution in [0.1, 0.15) is 37.3 Å². The number of imidazole rings is 1. The van der Waals surface area contributed by atoms with Gasteiger partial charge in [-0.1, -0.05) is 54.6 Å². The van der Waals surface area contributed by atoms with Crippen molar-refractivity contribution >= 4 is 28.9 Å². The highest BCUT2D eigenvalue weighted by atomic mass is 16.7. The zero-order chi connectivity index (χ0) is 30.6. The molecule has 2 aromatic heterocycles. The van der Waals surface area contributed by atoms with Crippen molar-refractivity contribution in [2.75, 3.05) is 6.61 Å². The van der Waals surface area contributed by atoms with Crippen LogP contribution in [0.25, 0.3) is 11.0 Å². The summed E-state index contributed by atoms with van der Waals surface area (Å²) in [5, 5.41) is 4.44. The molecule has 1 saturated heterocycles. The van der Waals surface area contributed by atoms with E-state index in [4.69, 9.17) is 18.9 Å². The predicted octanol–water partition coefficient (Wildman–Crippen LogP) is 2.62. The van der Waals surface area contributed by atoms with E-state index in [1.54, 1.807) is 78.9 Å². The normalized spacial score (nSPS) is 19.4. The molecule has 13 heteroatoms. The van der Waals surface area contributed by atoms with Gasteiger partial charge in [-0.05, 0) is 36.4 Å². The number of ether oxygens (including phenoxy) is 4. The average Bonchev–Trinajstić information content (AvgIpc) is 3.65. The molecular weight excluding hydrogens is 572 g/mol. The maximum absolute atomic E-state index is 13.3. The minimum Gasteiger partial charge on any atom is -0.459 e. The first-order valence-electron chi connectivity index (χ1n) is 13.5. The van der Waals surface area contributed by atoms with E-state index in [1.807, 2.05) is 0 Å². The largest absolute Gasteiger partial charge is 0.459 e. The second-order valence-corrected chi connectivity index (χ2v) is 9.76. The molecule has 0 amide bonds. The molecule has 3 heterocycles. The molecule has 222 valence electrons. The van der Waals surface area contributed by atoms with Gasteiger partial charge in [0.15, 0.2) is 24.0 Å². The summed E-state index contributed by atoms with van der Waals surface area (Å²) in [5.74, 6) is -2.20. The summed E-state index contributed by atoms with van der Waals surface area (Å²) >= 11 is 0. The van der Waals surface area contributed by atoms with Crippen molar-refractivity contribution < 1.29 is 33.3 Å². The first-order valence-corrected chi connectivity index (χ1v) is 13.5. The minimum atomic E-state index is -1.38. The summed E-state index contributed by atoms with van der Waals surface area (Å²) in [4.78, 5) is 68.6. The average molecular weight is 597 g/mol. The monoisotopic (exact) mass is 596 g/mol. The van der Waals surface area contributed by atoms with Gasteiger partial charge in [-0.2, -0.15) is 0 Å².